The van der Waals surface area contributed by atoms with Crippen molar-refractivity contribution in [1.82, 2.24) is 4.98 Å². The molecule has 4 nitrogen and oxygen atoms in total. The van der Waals surface area contributed by atoms with Gasteiger partial charge in [-0.1, -0.05) is 24.3 Å². The van der Waals surface area contributed by atoms with Crippen molar-refractivity contribution in [3.05, 3.63) is 83.6 Å². The van der Waals surface area contributed by atoms with Crippen LogP contribution in [0.2, 0.25) is 0 Å². The Labute approximate surface area is 155 Å². The lowest BCUT2D eigenvalue weighted by atomic mass is 10.0. The zero-order valence-corrected chi connectivity index (χ0v) is 14.5. The van der Waals surface area contributed by atoms with Gasteiger partial charge in [-0.25, -0.2) is 13.8 Å². The Hall–Kier alpha value is -3.28. The molecule has 1 amide bonds. The molecule has 1 aliphatic heterocycles. The van der Waals surface area contributed by atoms with Gasteiger partial charge in [-0.3, -0.25) is 4.79 Å². The van der Waals surface area contributed by atoms with E-state index in [1.807, 2.05) is 24.3 Å². The Kier molecular flexibility index (Phi) is 4.54. The number of para-hydroxylation sites is 2. The van der Waals surface area contributed by atoms with E-state index in [1.54, 1.807) is 11.0 Å². The largest absolute Gasteiger partial charge is 0.335 e. The van der Waals surface area contributed by atoms with Crippen molar-refractivity contribution in [2.45, 2.75) is 12.8 Å². The van der Waals surface area contributed by atoms with Gasteiger partial charge in [-0.15, -0.1) is 0 Å². The van der Waals surface area contributed by atoms with Gasteiger partial charge in [0, 0.05) is 24.0 Å². The molecule has 4 rings (SSSR count). The zero-order chi connectivity index (χ0) is 18.8. The molecule has 0 radical (unpaired) electrons. The van der Waals surface area contributed by atoms with Crippen LogP contribution in [-0.4, -0.2) is 17.4 Å². The van der Waals surface area contributed by atoms with Crippen molar-refractivity contribution in [3.63, 3.8) is 0 Å². The topological polar surface area (TPSA) is 45.2 Å². The zero-order valence-electron chi connectivity index (χ0n) is 14.5. The average Bonchev–Trinajstić information content (AvgIpc) is 2.70. The van der Waals surface area contributed by atoms with Crippen LogP contribution >= 0.6 is 0 Å². The minimum atomic E-state index is -0.724. The molecule has 0 unspecified atom stereocenters. The van der Waals surface area contributed by atoms with Crippen molar-refractivity contribution in [2.75, 3.05) is 16.8 Å². The summed E-state index contributed by atoms with van der Waals surface area (Å²) in [5.74, 6) is -1.41. The van der Waals surface area contributed by atoms with E-state index in [2.05, 4.69) is 10.3 Å². The maximum Gasteiger partial charge on any atom is 0.258 e. The molecule has 0 bridgehead atoms. The van der Waals surface area contributed by atoms with Crippen molar-refractivity contribution >= 4 is 23.1 Å². The van der Waals surface area contributed by atoms with E-state index in [9.17, 15) is 13.6 Å². The molecule has 0 saturated heterocycles. The summed E-state index contributed by atoms with van der Waals surface area (Å²) < 4.78 is 27.7. The molecule has 3 aromatic rings. The Morgan fingerprint density at radius 3 is 2.63 bits per heavy atom. The number of fused-ring (bicyclic) bond motifs is 1. The summed E-state index contributed by atoms with van der Waals surface area (Å²) in [4.78, 5) is 18.8. The highest BCUT2D eigenvalue weighted by atomic mass is 19.1. The number of aryl methyl sites for hydroxylation is 1. The van der Waals surface area contributed by atoms with Gasteiger partial charge < -0.3 is 10.2 Å². The van der Waals surface area contributed by atoms with E-state index in [1.165, 1.54) is 18.3 Å². The summed E-state index contributed by atoms with van der Waals surface area (Å²) in [5, 5.41) is 2.63. The van der Waals surface area contributed by atoms with Crippen LogP contribution in [0.1, 0.15) is 22.3 Å². The SMILES string of the molecule is O=C(c1ccnc(Nc2c(F)cccc2F)c1)N1CCCc2ccccc21. The van der Waals surface area contributed by atoms with E-state index in [-0.39, 0.29) is 17.4 Å². The van der Waals surface area contributed by atoms with Crippen molar-refractivity contribution < 1.29 is 13.6 Å². The van der Waals surface area contributed by atoms with E-state index in [0.717, 1.165) is 36.2 Å². The predicted molar refractivity (Wildman–Crippen MR) is 100 cm³/mol. The molecule has 2 heterocycles. The molecule has 1 aromatic heterocycles. The van der Waals surface area contributed by atoms with Crippen LogP contribution in [0.5, 0.6) is 0 Å². The van der Waals surface area contributed by atoms with E-state index >= 15 is 0 Å². The number of anilines is 3. The lowest BCUT2D eigenvalue weighted by molar-refractivity contribution is 0.0985. The van der Waals surface area contributed by atoms with Crippen molar-refractivity contribution in [1.29, 1.82) is 0 Å². The van der Waals surface area contributed by atoms with E-state index in [4.69, 9.17) is 0 Å². The Bertz CT molecular complexity index is 986. The molecule has 0 aliphatic carbocycles. The molecule has 136 valence electrons. The van der Waals surface area contributed by atoms with Crippen molar-refractivity contribution in [3.8, 4) is 0 Å². The number of nitrogens with zero attached hydrogens (tertiary/aromatic N) is 2. The number of carbonyl (C=O) groups is 1. The summed E-state index contributed by atoms with van der Waals surface area (Å²) in [5.41, 5.74) is 2.15. The first-order chi connectivity index (χ1) is 13.1. The normalized spacial score (nSPS) is 13.2. The van der Waals surface area contributed by atoms with Crippen LogP contribution in [0.25, 0.3) is 0 Å². The highest BCUT2D eigenvalue weighted by molar-refractivity contribution is 6.07. The molecule has 1 aliphatic rings. The number of hydrogen-bond donors (Lipinski definition) is 1. The second-order valence-electron chi connectivity index (χ2n) is 6.34. The van der Waals surface area contributed by atoms with Gasteiger partial charge in [-0.05, 0) is 48.7 Å². The minimum Gasteiger partial charge on any atom is -0.335 e. The second kappa shape index (κ2) is 7.15. The Morgan fingerprint density at radius 1 is 1.04 bits per heavy atom. The molecule has 2 aromatic carbocycles. The third kappa shape index (κ3) is 3.38. The van der Waals surface area contributed by atoms with Crippen LogP contribution in [0.3, 0.4) is 0 Å². The van der Waals surface area contributed by atoms with Gasteiger partial charge in [0.15, 0.2) is 0 Å². The number of nitrogens with one attached hydrogen (secondary N) is 1. The lowest BCUT2D eigenvalue weighted by Crippen LogP contribution is -2.35. The third-order valence-corrected chi connectivity index (χ3v) is 4.58. The highest BCUT2D eigenvalue weighted by Gasteiger charge is 2.23. The number of aromatic nitrogens is 1. The number of amides is 1. The number of pyridine rings is 1. The summed E-state index contributed by atoms with van der Waals surface area (Å²) in [6.07, 6.45) is 3.28. The molecule has 27 heavy (non-hydrogen) atoms. The van der Waals surface area contributed by atoms with Crippen LogP contribution in [-0.2, 0) is 6.42 Å². The first-order valence-electron chi connectivity index (χ1n) is 8.70. The summed E-state index contributed by atoms with van der Waals surface area (Å²) >= 11 is 0. The van der Waals surface area contributed by atoms with Gasteiger partial charge in [0.05, 0.1) is 0 Å². The molecular formula is C21H17F2N3O. The molecule has 0 fully saturated rings. The van der Waals surface area contributed by atoms with Gasteiger partial charge in [0.2, 0.25) is 0 Å². The van der Waals surface area contributed by atoms with E-state index < -0.39 is 11.6 Å². The van der Waals surface area contributed by atoms with Crippen LogP contribution in [0.15, 0.2) is 60.8 Å². The van der Waals surface area contributed by atoms with Crippen LogP contribution in [0, 0.1) is 11.6 Å². The minimum absolute atomic E-state index is 0.165. The molecule has 0 saturated carbocycles. The fourth-order valence-electron chi connectivity index (χ4n) is 3.28. The number of carbonyl (C=O) groups excluding carboxylic acids is 1. The van der Waals surface area contributed by atoms with Crippen LogP contribution in [0.4, 0.5) is 26.0 Å². The molecule has 1 N–H and O–H groups in total. The maximum atomic E-state index is 13.8. The van der Waals surface area contributed by atoms with E-state index in [0.29, 0.717) is 12.1 Å². The smallest absolute Gasteiger partial charge is 0.258 e. The number of halogens is 2. The molecule has 0 spiro atoms. The summed E-state index contributed by atoms with van der Waals surface area (Å²) in [7, 11) is 0. The molecule has 0 atom stereocenters. The quantitative estimate of drug-likeness (QED) is 0.732. The first-order valence-corrected chi connectivity index (χ1v) is 8.70. The lowest BCUT2D eigenvalue weighted by Gasteiger charge is -2.29. The fraction of sp³-hybridized carbons (Fsp3) is 0.143. The average molecular weight is 365 g/mol. The van der Waals surface area contributed by atoms with Gasteiger partial charge in [0.25, 0.3) is 5.91 Å². The standard InChI is InChI=1S/C21H17F2N3O/c22-16-7-3-8-17(23)20(16)25-19-13-15(10-11-24-19)21(27)26-12-4-6-14-5-1-2-9-18(14)26/h1-3,5,7-11,13H,4,6,12H2,(H,24,25). The van der Waals surface area contributed by atoms with Gasteiger partial charge in [-0.2, -0.15) is 0 Å². The fourth-order valence-corrected chi connectivity index (χ4v) is 3.28. The number of rotatable bonds is 3. The monoisotopic (exact) mass is 365 g/mol. The van der Waals surface area contributed by atoms with Crippen molar-refractivity contribution in [2.24, 2.45) is 0 Å². The molecule has 6 heteroatoms. The molecular weight excluding hydrogens is 348 g/mol. The maximum absolute atomic E-state index is 13.8. The third-order valence-electron chi connectivity index (χ3n) is 4.58. The highest BCUT2D eigenvalue weighted by Crippen LogP contribution is 2.29. The summed E-state index contributed by atoms with van der Waals surface area (Å²) in [6, 6.07) is 14.5. The first kappa shape index (κ1) is 17.1. The van der Waals surface area contributed by atoms with Crippen LogP contribution < -0.4 is 10.2 Å². The number of hydrogen-bond acceptors (Lipinski definition) is 3. The van der Waals surface area contributed by atoms with Gasteiger partial charge in [0.1, 0.15) is 23.1 Å². The Balaban J connectivity index is 1.63. The van der Waals surface area contributed by atoms with Gasteiger partial charge >= 0.3 is 0 Å². The Morgan fingerprint density at radius 2 is 1.81 bits per heavy atom. The second-order valence-corrected chi connectivity index (χ2v) is 6.34. The predicted octanol–water partition coefficient (Wildman–Crippen LogP) is 4.70. The summed E-state index contributed by atoms with van der Waals surface area (Å²) in [6.45, 7) is 0.628. The number of benzene rings is 2.